The summed E-state index contributed by atoms with van der Waals surface area (Å²) in [5, 5.41) is 2.93. The fraction of sp³-hybridized carbons (Fsp3) is 0.118. The highest BCUT2D eigenvalue weighted by atomic mass is 35.5. The number of fused-ring (bicyclic) bond motifs is 1. The Morgan fingerprint density at radius 2 is 1.73 bits per heavy atom. The van der Waals surface area contributed by atoms with Crippen molar-refractivity contribution < 1.29 is 4.79 Å². The van der Waals surface area contributed by atoms with E-state index in [0.717, 1.165) is 16.8 Å². The molecule has 0 aliphatic carbocycles. The van der Waals surface area contributed by atoms with Crippen LogP contribution in [0, 0.1) is 13.8 Å². The molecular formula is C17H14ClN3O. The van der Waals surface area contributed by atoms with Crippen LogP contribution in [0.2, 0.25) is 5.15 Å². The lowest BCUT2D eigenvalue weighted by Gasteiger charge is -2.10. The van der Waals surface area contributed by atoms with Crippen molar-refractivity contribution in [2.75, 3.05) is 5.32 Å². The number of halogens is 1. The Morgan fingerprint density at radius 3 is 2.41 bits per heavy atom. The summed E-state index contributed by atoms with van der Waals surface area (Å²) in [6, 6.07) is 13.1. The maximum absolute atomic E-state index is 12.4. The Hall–Kier alpha value is -2.46. The van der Waals surface area contributed by atoms with Gasteiger partial charge < -0.3 is 5.32 Å². The highest BCUT2D eigenvalue weighted by Crippen LogP contribution is 2.20. The topological polar surface area (TPSA) is 54.9 Å². The van der Waals surface area contributed by atoms with Crippen molar-refractivity contribution in [3.05, 3.63) is 64.4 Å². The van der Waals surface area contributed by atoms with E-state index in [1.165, 1.54) is 0 Å². The van der Waals surface area contributed by atoms with Gasteiger partial charge in [-0.1, -0.05) is 41.4 Å². The van der Waals surface area contributed by atoms with Gasteiger partial charge in [0, 0.05) is 5.69 Å². The molecule has 110 valence electrons. The van der Waals surface area contributed by atoms with Gasteiger partial charge in [0.25, 0.3) is 5.91 Å². The van der Waals surface area contributed by atoms with E-state index >= 15 is 0 Å². The summed E-state index contributed by atoms with van der Waals surface area (Å²) < 4.78 is 0. The lowest BCUT2D eigenvalue weighted by molar-refractivity contribution is 0.102. The normalized spacial score (nSPS) is 10.7. The van der Waals surface area contributed by atoms with Crippen molar-refractivity contribution in [2.24, 2.45) is 0 Å². The zero-order chi connectivity index (χ0) is 15.7. The quantitative estimate of drug-likeness (QED) is 0.773. The minimum absolute atomic E-state index is 0.0981. The van der Waals surface area contributed by atoms with Crippen LogP contribution in [0.1, 0.15) is 21.6 Å². The number of rotatable bonds is 2. The number of nitrogens with one attached hydrogen (secondary N) is 1. The molecule has 3 aromatic rings. The van der Waals surface area contributed by atoms with Gasteiger partial charge >= 0.3 is 0 Å². The van der Waals surface area contributed by atoms with Gasteiger partial charge in [-0.3, -0.25) is 4.79 Å². The molecule has 22 heavy (non-hydrogen) atoms. The molecule has 0 saturated carbocycles. The van der Waals surface area contributed by atoms with E-state index in [2.05, 4.69) is 15.3 Å². The highest BCUT2D eigenvalue weighted by Gasteiger charge is 2.16. The van der Waals surface area contributed by atoms with Crippen LogP contribution in [0.15, 0.2) is 42.5 Å². The minimum Gasteiger partial charge on any atom is -0.320 e. The molecule has 0 bridgehead atoms. The number of anilines is 1. The number of amides is 1. The molecular weight excluding hydrogens is 298 g/mol. The van der Waals surface area contributed by atoms with Gasteiger partial charge in [0.15, 0.2) is 10.8 Å². The number of hydrogen-bond acceptors (Lipinski definition) is 3. The maximum Gasteiger partial charge on any atom is 0.277 e. The molecule has 1 N–H and O–H groups in total. The Balaban J connectivity index is 1.96. The minimum atomic E-state index is -0.366. The molecule has 1 aromatic heterocycles. The summed E-state index contributed by atoms with van der Waals surface area (Å²) in [5.41, 5.74) is 4.28. The average Bonchev–Trinajstić information content (AvgIpc) is 2.49. The lowest BCUT2D eigenvalue weighted by Crippen LogP contribution is -2.16. The number of nitrogens with zero attached hydrogens (tertiary/aromatic N) is 2. The van der Waals surface area contributed by atoms with E-state index in [-0.39, 0.29) is 16.8 Å². The van der Waals surface area contributed by atoms with Crippen LogP contribution in [-0.2, 0) is 0 Å². The zero-order valence-corrected chi connectivity index (χ0v) is 13.0. The van der Waals surface area contributed by atoms with E-state index in [9.17, 15) is 4.79 Å². The van der Waals surface area contributed by atoms with Crippen LogP contribution in [0.5, 0.6) is 0 Å². The maximum atomic E-state index is 12.4. The first-order valence-electron chi connectivity index (χ1n) is 6.85. The molecule has 0 saturated heterocycles. The molecule has 0 spiro atoms. The highest BCUT2D eigenvalue weighted by molar-refractivity contribution is 6.33. The fourth-order valence-corrected chi connectivity index (χ4v) is 2.48. The average molecular weight is 312 g/mol. The fourth-order valence-electron chi connectivity index (χ4n) is 2.26. The van der Waals surface area contributed by atoms with Crippen LogP contribution in [0.4, 0.5) is 5.69 Å². The van der Waals surface area contributed by atoms with E-state index < -0.39 is 0 Å². The first kappa shape index (κ1) is 14.5. The summed E-state index contributed by atoms with van der Waals surface area (Å²) in [7, 11) is 0. The first-order chi connectivity index (χ1) is 10.5. The molecule has 3 rings (SSSR count). The monoisotopic (exact) mass is 311 g/mol. The second kappa shape index (κ2) is 5.73. The van der Waals surface area contributed by atoms with E-state index in [4.69, 9.17) is 11.6 Å². The molecule has 1 heterocycles. The van der Waals surface area contributed by atoms with Crippen LogP contribution in [0.3, 0.4) is 0 Å². The largest absolute Gasteiger partial charge is 0.320 e. The summed E-state index contributed by atoms with van der Waals surface area (Å²) >= 11 is 6.09. The van der Waals surface area contributed by atoms with Crippen molar-refractivity contribution >= 4 is 34.2 Å². The first-order valence-corrected chi connectivity index (χ1v) is 7.23. The molecule has 0 radical (unpaired) electrons. The molecule has 4 nitrogen and oxygen atoms in total. The second-order valence-electron chi connectivity index (χ2n) is 5.12. The summed E-state index contributed by atoms with van der Waals surface area (Å²) in [6.45, 7) is 3.95. The van der Waals surface area contributed by atoms with Crippen LogP contribution in [0.25, 0.3) is 11.0 Å². The van der Waals surface area contributed by atoms with Crippen molar-refractivity contribution in [1.29, 1.82) is 0 Å². The van der Waals surface area contributed by atoms with Crippen LogP contribution in [-0.4, -0.2) is 15.9 Å². The van der Waals surface area contributed by atoms with Gasteiger partial charge in [-0.25, -0.2) is 9.97 Å². The van der Waals surface area contributed by atoms with Crippen molar-refractivity contribution in [2.45, 2.75) is 13.8 Å². The predicted molar refractivity (Wildman–Crippen MR) is 88.4 cm³/mol. The number of benzene rings is 2. The van der Waals surface area contributed by atoms with Gasteiger partial charge in [0.1, 0.15) is 0 Å². The zero-order valence-electron chi connectivity index (χ0n) is 12.2. The number of carbonyl (C=O) groups is 1. The summed E-state index contributed by atoms with van der Waals surface area (Å²) in [4.78, 5) is 20.9. The molecule has 0 unspecified atom stereocenters. The Bertz CT molecular complexity index is 877. The second-order valence-corrected chi connectivity index (χ2v) is 5.48. The van der Waals surface area contributed by atoms with Crippen molar-refractivity contribution in [3.63, 3.8) is 0 Å². The van der Waals surface area contributed by atoms with Gasteiger partial charge in [-0.05, 0) is 37.6 Å². The number of hydrogen-bond donors (Lipinski definition) is 1. The Kier molecular flexibility index (Phi) is 3.77. The SMILES string of the molecule is Cc1ccc(NC(=O)c2nc3ccccc3nc2Cl)c(C)c1. The van der Waals surface area contributed by atoms with Crippen LogP contribution < -0.4 is 5.32 Å². The molecule has 0 fully saturated rings. The predicted octanol–water partition coefficient (Wildman–Crippen LogP) is 4.15. The van der Waals surface area contributed by atoms with Gasteiger partial charge in [-0.15, -0.1) is 0 Å². The van der Waals surface area contributed by atoms with E-state index in [1.54, 1.807) is 12.1 Å². The third-order valence-corrected chi connectivity index (χ3v) is 3.64. The smallest absolute Gasteiger partial charge is 0.277 e. The summed E-state index contributed by atoms with van der Waals surface area (Å²) in [6.07, 6.45) is 0. The summed E-state index contributed by atoms with van der Waals surface area (Å²) in [5.74, 6) is -0.366. The molecule has 1 amide bonds. The van der Waals surface area contributed by atoms with Gasteiger partial charge in [0.05, 0.1) is 11.0 Å². The number of carbonyl (C=O) groups excluding carboxylic acids is 1. The molecule has 2 aromatic carbocycles. The van der Waals surface area contributed by atoms with Crippen molar-refractivity contribution in [1.82, 2.24) is 9.97 Å². The number of aryl methyl sites for hydroxylation is 2. The Labute approximate surface area is 133 Å². The number of para-hydroxylation sites is 2. The third-order valence-electron chi connectivity index (χ3n) is 3.37. The molecule has 5 heteroatoms. The van der Waals surface area contributed by atoms with Gasteiger partial charge in [0.2, 0.25) is 0 Å². The van der Waals surface area contributed by atoms with Gasteiger partial charge in [-0.2, -0.15) is 0 Å². The third kappa shape index (κ3) is 2.78. The lowest BCUT2D eigenvalue weighted by atomic mass is 10.1. The van der Waals surface area contributed by atoms with E-state index in [1.807, 2.05) is 44.2 Å². The van der Waals surface area contributed by atoms with Crippen LogP contribution >= 0.6 is 11.6 Å². The van der Waals surface area contributed by atoms with E-state index in [0.29, 0.717) is 11.0 Å². The molecule has 0 atom stereocenters. The molecule has 0 aliphatic rings. The standard InChI is InChI=1S/C17H14ClN3O/c1-10-7-8-12(11(2)9-10)21-17(22)15-16(18)20-14-6-4-3-5-13(14)19-15/h3-9H,1-2H3,(H,21,22). The Morgan fingerprint density at radius 1 is 1.05 bits per heavy atom. The number of aromatic nitrogens is 2. The van der Waals surface area contributed by atoms with Crippen molar-refractivity contribution in [3.8, 4) is 0 Å². The molecule has 0 aliphatic heterocycles.